The summed E-state index contributed by atoms with van der Waals surface area (Å²) in [6, 6.07) is 5.03. The van der Waals surface area contributed by atoms with Crippen molar-refractivity contribution >= 4 is 29.1 Å². The number of amides is 1. The van der Waals surface area contributed by atoms with Crippen molar-refractivity contribution in [2.24, 2.45) is 0 Å². The standard InChI is InChI=1S/C14H16Cl2N4O/c1-3-4-12-18-13(20-19-12)14(21)17-8(2)9-5-6-10(15)11(16)7-9/h5-8H,3-4H2,1-2H3,(H,17,21)(H,18,19,20). The van der Waals surface area contributed by atoms with Crippen LogP contribution < -0.4 is 5.32 Å². The van der Waals surface area contributed by atoms with Gasteiger partial charge in [-0.3, -0.25) is 9.89 Å². The van der Waals surface area contributed by atoms with E-state index in [1.165, 1.54) is 0 Å². The lowest BCUT2D eigenvalue weighted by molar-refractivity contribution is 0.0929. The number of H-pyrrole nitrogens is 1. The van der Waals surface area contributed by atoms with Crippen molar-refractivity contribution in [2.75, 3.05) is 0 Å². The summed E-state index contributed by atoms with van der Waals surface area (Å²) < 4.78 is 0. The van der Waals surface area contributed by atoms with Crippen LogP contribution in [0.2, 0.25) is 10.0 Å². The van der Waals surface area contributed by atoms with Crippen molar-refractivity contribution in [1.82, 2.24) is 20.5 Å². The van der Waals surface area contributed by atoms with Crippen LogP contribution >= 0.6 is 23.2 Å². The van der Waals surface area contributed by atoms with Gasteiger partial charge in [-0.15, -0.1) is 5.10 Å². The first-order valence-corrected chi connectivity index (χ1v) is 7.44. The van der Waals surface area contributed by atoms with Crippen LogP contribution in [0.25, 0.3) is 0 Å². The fourth-order valence-corrected chi connectivity index (χ4v) is 2.18. The summed E-state index contributed by atoms with van der Waals surface area (Å²) in [6.45, 7) is 3.89. The van der Waals surface area contributed by atoms with Crippen LogP contribution in [0.15, 0.2) is 18.2 Å². The number of rotatable bonds is 5. The van der Waals surface area contributed by atoms with Crippen molar-refractivity contribution in [3.05, 3.63) is 45.5 Å². The molecule has 5 nitrogen and oxygen atoms in total. The summed E-state index contributed by atoms with van der Waals surface area (Å²) in [4.78, 5) is 16.2. The number of benzene rings is 1. The second-order valence-electron chi connectivity index (χ2n) is 4.72. The fourth-order valence-electron chi connectivity index (χ4n) is 1.87. The maximum atomic E-state index is 12.1. The number of nitrogens with zero attached hydrogens (tertiary/aromatic N) is 2. The number of aryl methyl sites for hydroxylation is 1. The highest BCUT2D eigenvalue weighted by atomic mass is 35.5. The van der Waals surface area contributed by atoms with Gasteiger partial charge >= 0.3 is 0 Å². The van der Waals surface area contributed by atoms with E-state index >= 15 is 0 Å². The number of aromatic nitrogens is 3. The second kappa shape index (κ2) is 6.91. The van der Waals surface area contributed by atoms with Gasteiger partial charge in [0.15, 0.2) is 0 Å². The molecule has 112 valence electrons. The summed E-state index contributed by atoms with van der Waals surface area (Å²) in [5.74, 6) is 0.530. The second-order valence-corrected chi connectivity index (χ2v) is 5.54. The Morgan fingerprint density at radius 1 is 1.38 bits per heavy atom. The van der Waals surface area contributed by atoms with Gasteiger partial charge in [0, 0.05) is 6.42 Å². The molecule has 2 N–H and O–H groups in total. The number of carbonyl (C=O) groups excluding carboxylic acids is 1. The fraction of sp³-hybridized carbons (Fsp3) is 0.357. The SMILES string of the molecule is CCCc1nc(C(=O)NC(C)c2ccc(Cl)c(Cl)c2)n[nH]1. The Labute approximate surface area is 133 Å². The van der Waals surface area contributed by atoms with E-state index in [9.17, 15) is 4.79 Å². The maximum Gasteiger partial charge on any atom is 0.291 e. The zero-order valence-electron chi connectivity index (χ0n) is 11.8. The van der Waals surface area contributed by atoms with E-state index in [1.807, 2.05) is 19.9 Å². The Morgan fingerprint density at radius 3 is 2.81 bits per heavy atom. The molecule has 1 aromatic heterocycles. The third kappa shape index (κ3) is 3.95. The average molecular weight is 327 g/mol. The van der Waals surface area contributed by atoms with Crippen molar-refractivity contribution in [3.8, 4) is 0 Å². The minimum absolute atomic E-state index is 0.144. The van der Waals surface area contributed by atoms with E-state index in [0.717, 1.165) is 18.4 Å². The maximum absolute atomic E-state index is 12.1. The molecule has 0 aliphatic heterocycles. The third-order valence-corrected chi connectivity index (χ3v) is 3.75. The molecule has 0 fully saturated rings. The molecule has 1 heterocycles. The number of nitrogens with one attached hydrogen (secondary N) is 2. The minimum Gasteiger partial charge on any atom is -0.343 e. The lowest BCUT2D eigenvalue weighted by Crippen LogP contribution is -2.27. The molecule has 2 rings (SSSR count). The quantitative estimate of drug-likeness (QED) is 0.882. The number of aromatic amines is 1. The van der Waals surface area contributed by atoms with Crippen molar-refractivity contribution in [1.29, 1.82) is 0 Å². The predicted octanol–water partition coefficient (Wildman–Crippen LogP) is 3.56. The lowest BCUT2D eigenvalue weighted by atomic mass is 10.1. The molecule has 7 heteroatoms. The van der Waals surface area contributed by atoms with E-state index in [1.54, 1.807) is 12.1 Å². The molecule has 0 saturated heterocycles. The Balaban J connectivity index is 2.05. The van der Waals surface area contributed by atoms with Gasteiger partial charge in [-0.25, -0.2) is 4.98 Å². The van der Waals surface area contributed by atoms with Gasteiger partial charge in [0.05, 0.1) is 16.1 Å². The Morgan fingerprint density at radius 2 is 2.14 bits per heavy atom. The third-order valence-electron chi connectivity index (χ3n) is 3.01. The number of hydrogen-bond acceptors (Lipinski definition) is 3. The first kappa shape index (κ1) is 15.8. The van der Waals surface area contributed by atoms with E-state index < -0.39 is 0 Å². The van der Waals surface area contributed by atoms with Gasteiger partial charge in [0.25, 0.3) is 5.91 Å². The first-order valence-electron chi connectivity index (χ1n) is 6.68. The lowest BCUT2D eigenvalue weighted by Gasteiger charge is -2.13. The zero-order valence-corrected chi connectivity index (χ0v) is 13.3. The molecule has 0 aliphatic rings. The summed E-state index contributed by atoms with van der Waals surface area (Å²) in [5, 5.41) is 10.4. The van der Waals surface area contributed by atoms with Crippen LogP contribution in [0.4, 0.5) is 0 Å². The van der Waals surface area contributed by atoms with Crippen molar-refractivity contribution in [2.45, 2.75) is 32.7 Å². The largest absolute Gasteiger partial charge is 0.343 e. The molecule has 21 heavy (non-hydrogen) atoms. The molecule has 1 atom stereocenters. The zero-order chi connectivity index (χ0) is 15.4. The molecule has 2 aromatic rings. The van der Waals surface area contributed by atoms with E-state index in [2.05, 4.69) is 20.5 Å². The molecule has 0 spiro atoms. The molecular formula is C14H16Cl2N4O. The van der Waals surface area contributed by atoms with Crippen LogP contribution in [0.3, 0.4) is 0 Å². The Kier molecular flexibility index (Phi) is 5.20. The summed E-state index contributed by atoms with van der Waals surface area (Å²) in [5.41, 5.74) is 0.863. The molecule has 0 aliphatic carbocycles. The number of carbonyl (C=O) groups is 1. The molecule has 1 amide bonds. The number of halogens is 2. The van der Waals surface area contributed by atoms with Gasteiger partial charge in [0.1, 0.15) is 5.82 Å². The predicted molar refractivity (Wildman–Crippen MR) is 82.7 cm³/mol. The summed E-state index contributed by atoms with van der Waals surface area (Å²) in [7, 11) is 0. The topological polar surface area (TPSA) is 70.7 Å². The van der Waals surface area contributed by atoms with Crippen molar-refractivity contribution in [3.63, 3.8) is 0 Å². The molecule has 1 aromatic carbocycles. The Bertz CT molecular complexity index is 642. The molecule has 0 radical (unpaired) electrons. The number of hydrogen-bond donors (Lipinski definition) is 2. The van der Waals surface area contributed by atoms with E-state index in [-0.39, 0.29) is 17.8 Å². The van der Waals surface area contributed by atoms with Gasteiger partial charge < -0.3 is 5.32 Å². The van der Waals surface area contributed by atoms with Crippen LogP contribution in [-0.4, -0.2) is 21.1 Å². The highest BCUT2D eigenvalue weighted by Gasteiger charge is 2.16. The van der Waals surface area contributed by atoms with Crippen LogP contribution in [-0.2, 0) is 6.42 Å². The summed E-state index contributed by atoms with van der Waals surface area (Å²) >= 11 is 11.9. The van der Waals surface area contributed by atoms with Crippen LogP contribution in [0.5, 0.6) is 0 Å². The highest BCUT2D eigenvalue weighted by Crippen LogP contribution is 2.25. The van der Waals surface area contributed by atoms with Gasteiger partial charge in [-0.05, 0) is 31.0 Å². The van der Waals surface area contributed by atoms with Gasteiger partial charge in [-0.1, -0.05) is 36.2 Å². The average Bonchev–Trinajstić information content (AvgIpc) is 2.91. The van der Waals surface area contributed by atoms with E-state index in [0.29, 0.717) is 15.9 Å². The molecule has 0 bridgehead atoms. The smallest absolute Gasteiger partial charge is 0.291 e. The van der Waals surface area contributed by atoms with Crippen LogP contribution in [0, 0.1) is 0 Å². The monoisotopic (exact) mass is 326 g/mol. The first-order chi connectivity index (χ1) is 10.0. The molecule has 1 unspecified atom stereocenters. The van der Waals surface area contributed by atoms with Gasteiger partial charge in [-0.2, -0.15) is 0 Å². The normalized spacial score (nSPS) is 12.2. The van der Waals surface area contributed by atoms with Crippen molar-refractivity contribution < 1.29 is 4.79 Å². The minimum atomic E-state index is -0.327. The van der Waals surface area contributed by atoms with Crippen LogP contribution in [0.1, 0.15) is 48.3 Å². The summed E-state index contributed by atoms with van der Waals surface area (Å²) in [6.07, 6.45) is 1.71. The molecule has 0 saturated carbocycles. The Hall–Kier alpha value is -1.59. The van der Waals surface area contributed by atoms with E-state index in [4.69, 9.17) is 23.2 Å². The molecular weight excluding hydrogens is 311 g/mol. The van der Waals surface area contributed by atoms with Gasteiger partial charge in [0.2, 0.25) is 5.82 Å². The highest BCUT2D eigenvalue weighted by molar-refractivity contribution is 6.42.